The molecule has 0 aliphatic rings. The number of hydrogen-bond donors (Lipinski definition) is 1. The molecule has 1 amide bonds. The molecule has 0 radical (unpaired) electrons. The van der Waals surface area contributed by atoms with Gasteiger partial charge in [-0.15, -0.1) is 0 Å². The Labute approximate surface area is 79.9 Å². The van der Waals surface area contributed by atoms with Crippen LogP contribution in [0.1, 0.15) is 0 Å². The van der Waals surface area contributed by atoms with Crippen molar-refractivity contribution < 1.29 is 4.79 Å². The van der Waals surface area contributed by atoms with Crippen molar-refractivity contribution in [3.05, 3.63) is 0 Å². The summed E-state index contributed by atoms with van der Waals surface area (Å²) >= 11 is 0. The van der Waals surface area contributed by atoms with Gasteiger partial charge in [0.1, 0.15) is 0 Å². The quantitative estimate of drug-likeness (QED) is 0.296. The van der Waals surface area contributed by atoms with Crippen molar-refractivity contribution in [1.29, 1.82) is 0 Å². The van der Waals surface area contributed by atoms with Crippen LogP contribution in [0.15, 0.2) is 0 Å². The van der Waals surface area contributed by atoms with Crippen LogP contribution in [-0.2, 0) is 4.79 Å². The first-order chi connectivity index (χ1) is 1.41. The van der Waals surface area contributed by atoms with Crippen LogP contribution in [0.2, 0.25) is 0 Å². The van der Waals surface area contributed by atoms with Crippen LogP contribution in [0.25, 0.3) is 0 Å². The Bertz CT molecular complexity index is 19.1. The molecule has 4 heteroatoms. The van der Waals surface area contributed by atoms with Crippen molar-refractivity contribution in [3.63, 3.8) is 0 Å². The summed E-state index contributed by atoms with van der Waals surface area (Å²) in [6, 6.07) is 0. The number of nitrogens with two attached hydrogens (primary N) is 1. The van der Waals surface area contributed by atoms with Crippen molar-refractivity contribution >= 4 is 70.8 Å². The number of primary amides is 1. The van der Waals surface area contributed by atoms with E-state index in [1.165, 1.54) is 0 Å². The van der Waals surface area contributed by atoms with Crippen molar-refractivity contribution in [3.8, 4) is 0 Å². The first kappa shape index (κ1) is 16.0. The van der Waals surface area contributed by atoms with Gasteiger partial charge in [-0.05, 0) is 0 Å². The number of carbonyl (C=O) groups excluding carboxylic acids is 1. The van der Waals surface area contributed by atoms with Gasteiger partial charge < -0.3 is 5.73 Å². The molecule has 0 unspecified atom stereocenters. The van der Waals surface area contributed by atoms with Crippen LogP contribution < -0.4 is 5.73 Å². The third-order valence-electron chi connectivity index (χ3n) is 0. The van der Waals surface area contributed by atoms with E-state index in [1.54, 1.807) is 0 Å². The predicted octanol–water partition coefficient (Wildman–Crippen LogP) is -2.46. The molecule has 0 atom stereocenters. The van der Waals surface area contributed by atoms with Crippen molar-refractivity contribution in [1.82, 2.24) is 0 Å². The molecule has 24 valence electrons. The summed E-state index contributed by atoms with van der Waals surface area (Å²) in [6.07, 6.45) is 0.250. The van der Waals surface area contributed by atoms with Crippen LogP contribution in [0.4, 0.5) is 0 Å². The van der Waals surface area contributed by atoms with E-state index in [4.69, 9.17) is 4.79 Å². The fourth-order valence-corrected chi connectivity index (χ4v) is 0. The van der Waals surface area contributed by atoms with Crippen molar-refractivity contribution in [2.45, 2.75) is 0 Å². The van der Waals surface area contributed by atoms with Gasteiger partial charge in [-0.3, -0.25) is 4.79 Å². The zero-order valence-corrected chi connectivity index (χ0v) is 1.56. The second-order valence-electron chi connectivity index (χ2n) is 0.136. The van der Waals surface area contributed by atoms with Crippen molar-refractivity contribution in [2.24, 2.45) is 5.73 Å². The molecule has 0 aromatic heterocycles. The minimum atomic E-state index is 0. The number of rotatable bonds is 0. The molecule has 0 spiro atoms. The van der Waals surface area contributed by atoms with E-state index in [0.29, 0.717) is 0 Å². The van der Waals surface area contributed by atoms with E-state index in [-0.39, 0.29) is 70.8 Å². The molecule has 2 nitrogen and oxygen atoms in total. The van der Waals surface area contributed by atoms with E-state index >= 15 is 0 Å². The Hall–Kier alpha value is 1.55. The third kappa shape index (κ3) is 29.1. The van der Waals surface area contributed by atoms with Gasteiger partial charge >= 0.3 is 64.3 Å². The van der Waals surface area contributed by atoms with Gasteiger partial charge in [0.2, 0.25) is 6.41 Å². The van der Waals surface area contributed by atoms with E-state index < -0.39 is 0 Å². The zero-order valence-electron chi connectivity index (χ0n) is 1.56. The zero-order chi connectivity index (χ0) is 2.71. The van der Waals surface area contributed by atoms with E-state index in [2.05, 4.69) is 5.73 Å². The average Bonchev–Trinajstić information content (AvgIpc) is 0.918. The van der Waals surface area contributed by atoms with Gasteiger partial charge in [0.05, 0.1) is 0 Å². The Kier molecular flexibility index (Phi) is 56.6. The first-order valence-corrected chi connectivity index (χ1v) is 0.569. The molecule has 0 bridgehead atoms. The fraction of sp³-hybridized carbons (Fsp3) is 0. The van der Waals surface area contributed by atoms with Gasteiger partial charge in [0, 0.05) is 0 Å². The van der Waals surface area contributed by atoms with E-state index in [9.17, 15) is 0 Å². The summed E-state index contributed by atoms with van der Waals surface area (Å²) in [4.78, 5) is 8.58. The molecule has 0 aromatic rings. The number of carbonyl (C=O) groups is 1. The number of amides is 1. The summed E-state index contributed by atoms with van der Waals surface area (Å²) in [5, 5.41) is 0. The molecule has 0 saturated heterocycles. The maximum atomic E-state index is 8.58. The molecule has 0 saturated carbocycles. The molecule has 5 heavy (non-hydrogen) atoms. The van der Waals surface area contributed by atoms with Gasteiger partial charge in [-0.2, -0.15) is 0 Å². The molecule has 0 aliphatic carbocycles. The van der Waals surface area contributed by atoms with Gasteiger partial charge in [0.25, 0.3) is 0 Å². The molecule has 2 N–H and O–H groups in total. The standard InChI is InChI=1S/CH3NO.Li.Sr.3H/c2-1-3;;;;;/h1H,(H2,2,3);;;;;. The van der Waals surface area contributed by atoms with Crippen LogP contribution in [0, 0.1) is 0 Å². The molecular weight excluding hydrogens is 137 g/mol. The van der Waals surface area contributed by atoms with Crippen molar-refractivity contribution in [2.75, 3.05) is 0 Å². The average molecular weight is 143 g/mol. The van der Waals surface area contributed by atoms with Crippen LogP contribution in [0.3, 0.4) is 0 Å². The second-order valence-corrected chi connectivity index (χ2v) is 0.136. The normalized spacial score (nSPS) is 2.40. The Morgan fingerprint density at radius 3 is 1.60 bits per heavy atom. The Morgan fingerprint density at radius 1 is 1.60 bits per heavy atom. The monoisotopic (exact) mass is 143 g/mol. The summed E-state index contributed by atoms with van der Waals surface area (Å²) in [6.45, 7) is 0. The topological polar surface area (TPSA) is 43.1 Å². The first-order valence-electron chi connectivity index (χ1n) is 0.569. The SMILES string of the molecule is NC=O.[LiH].[SrH2]. The number of hydrogen-bond acceptors (Lipinski definition) is 1. The molecule has 0 aliphatic heterocycles. The fourth-order valence-electron chi connectivity index (χ4n) is 0. The minimum absolute atomic E-state index is 0. The third-order valence-corrected chi connectivity index (χ3v) is 0. The molecule has 0 heterocycles. The Morgan fingerprint density at radius 2 is 1.60 bits per heavy atom. The molecule has 0 aromatic carbocycles. The van der Waals surface area contributed by atoms with Crippen LogP contribution in [-0.4, -0.2) is 70.8 Å². The van der Waals surface area contributed by atoms with Crippen LogP contribution in [0.5, 0.6) is 0 Å². The Balaban J connectivity index is -0.0000000200. The van der Waals surface area contributed by atoms with E-state index in [1.807, 2.05) is 0 Å². The predicted molar refractivity (Wildman–Crippen MR) is 25.9 cm³/mol. The second kappa shape index (κ2) is 17.7. The summed E-state index contributed by atoms with van der Waals surface area (Å²) in [5.41, 5.74) is 4.17. The summed E-state index contributed by atoms with van der Waals surface area (Å²) < 4.78 is 0. The van der Waals surface area contributed by atoms with Crippen LogP contribution >= 0.6 is 0 Å². The van der Waals surface area contributed by atoms with Gasteiger partial charge in [-0.25, -0.2) is 0 Å². The van der Waals surface area contributed by atoms with Gasteiger partial charge in [-0.1, -0.05) is 0 Å². The van der Waals surface area contributed by atoms with E-state index in [0.717, 1.165) is 0 Å². The molecular formula is CH6LiNOSr. The van der Waals surface area contributed by atoms with Gasteiger partial charge in [0.15, 0.2) is 0 Å². The summed E-state index contributed by atoms with van der Waals surface area (Å²) in [5.74, 6) is 0. The molecule has 0 fully saturated rings. The molecule has 0 rings (SSSR count). The summed E-state index contributed by atoms with van der Waals surface area (Å²) in [7, 11) is 0. The maximum absolute atomic E-state index is 8.58.